The van der Waals surface area contributed by atoms with Gasteiger partial charge in [-0.25, -0.2) is 9.59 Å². The van der Waals surface area contributed by atoms with Gasteiger partial charge in [-0.3, -0.25) is 14.5 Å². The number of benzene rings is 1. The largest absolute Gasteiger partial charge is 0.465 e. The lowest BCUT2D eigenvalue weighted by Crippen LogP contribution is -2.46. The fourth-order valence-electron chi connectivity index (χ4n) is 3.90. The van der Waals surface area contributed by atoms with Crippen LogP contribution in [-0.4, -0.2) is 42.4 Å². The summed E-state index contributed by atoms with van der Waals surface area (Å²) < 4.78 is 4.71. The van der Waals surface area contributed by atoms with Crippen LogP contribution in [0.4, 0.5) is 10.5 Å². The summed E-state index contributed by atoms with van der Waals surface area (Å²) in [6, 6.07) is 7.65. The van der Waals surface area contributed by atoms with E-state index in [-0.39, 0.29) is 11.3 Å². The number of para-hydroxylation sites is 1. The second-order valence-corrected chi connectivity index (χ2v) is 7.92. The van der Waals surface area contributed by atoms with E-state index in [1.165, 1.54) is 13.2 Å². The predicted molar refractivity (Wildman–Crippen MR) is 106 cm³/mol. The van der Waals surface area contributed by atoms with Gasteiger partial charge >= 0.3 is 12.0 Å². The molecule has 2 aromatic rings. The van der Waals surface area contributed by atoms with Gasteiger partial charge in [-0.1, -0.05) is 12.1 Å². The number of urea groups is 1. The molecular formula is C20H19N3O5S. The molecule has 1 fully saturated rings. The van der Waals surface area contributed by atoms with E-state index < -0.39 is 35.9 Å². The minimum atomic E-state index is -1.09. The molecule has 29 heavy (non-hydrogen) atoms. The van der Waals surface area contributed by atoms with Crippen molar-refractivity contribution in [2.24, 2.45) is 0 Å². The molecule has 150 valence electrons. The topological polar surface area (TPSA) is 105 Å². The average molecular weight is 413 g/mol. The first-order chi connectivity index (χ1) is 14.0. The van der Waals surface area contributed by atoms with Crippen LogP contribution in [0.1, 0.15) is 33.6 Å². The molecule has 0 saturated carbocycles. The molecule has 0 radical (unpaired) electrons. The summed E-state index contributed by atoms with van der Waals surface area (Å²) in [7, 11) is 1.25. The number of fused-ring (bicyclic) bond motifs is 2. The van der Waals surface area contributed by atoms with Crippen LogP contribution in [0.2, 0.25) is 0 Å². The second kappa shape index (κ2) is 7.32. The Balaban J connectivity index is 1.53. The smallest absolute Gasteiger partial charge is 0.339 e. The van der Waals surface area contributed by atoms with Crippen molar-refractivity contribution in [3.63, 3.8) is 0 Å². The zero-order valence-electron chi connectivity index (χ0n) is 15.7. The van der Waals surface area contributed by atoms with Crippen molar-refractivity contribution in [1.82, 2.24) is 10.2 Å². The van der Waals surface area contributed by atoms with Crippen molar-refractivity contribution in [1.29, 1.82) is 0 Å². The number of nitrogens with zero attached hydrogens (tertiary/aromatic N) is 1. The van der Waals surface area contributed by atoms with Gasteiger partial charge < -0.3 is 15.4 Å². The van der Waals surface area contributed by atoms with Gasteiger partial charge in [0.1, 0.15) is 12.1 Å². The SMILES string of the molecule is COC(=O)c1ccccc1NC(=O)CN1C(=O)N[C@@]2(CCCc3sccc32)C1=O. The van der Waals surface area contributed by atoms with E-state index >= 15 is 0 Å². The average Bonchev–Trinajstić information content (AvgIpc) is 3.28. The Kier molecular flexibility index (Phi) is 4.83. The molecule has 8 nitrogen and oxygen atoms in total. The lowest BCUT2D eigenvalue weighted by molar-refractivity contribution is -0.134. The molecule has 1 aliphatic heterocycles. The Morgan fingerprint density at radius 3 is 2.86 bits per heavy atom. The normalized spacial score (nSPS) is 20.4. The first kappa shape index (κ1) is 19.1. The number of anilines is 1. The Bertz CT molecular complexity index is 1020. The Hall–Kier alpha value is -3.20. The predicted octanol–water partition coefficient (Wildman–Crippen LogP) is 2.26. The standard InChI is InChI=1S/C20H19N3O5S/c1-28-17(25)12-5-2-3-6-14(12)21-16(24)11-23-18(26)20(22-19(23)27)9-4-7-15-13(20)8-10-29-15/h2-3,5-6,8,10H,4,7,9,11H2,1H3,(H,21,24)(H,22,27)/t20-/m1/s1. The van der Waals surface area contributed by atoms with Gasteiger partial charge in [-0.15, -0.1) is 11.3 Å². The molecule has 0 unspecified atom stereocenters. The van der Waals surface area contributed by atoms with Gasteiger partial charge in [0.2, 0.25) is 5.91 Å². The van der Waals surface area contributed by atoms with Gasteiger partial charge in [0.25, 0.3) is 5.91 Å². The number of carbonyl (C=O) groups is 4. The molecule has 9 heteroatoms. The van der Waals surface area contributed by atoms with E-state index in [0.717, 1.165) is 28.2 Å². The quantitative estimate of drug-likeness (QED) is 0.591. The number of imide groups is 1. The van der Waals surface area contributed by atoms with Crippen molar-refractivity contribution >= 4 is 40.8 Å². The first-order valence-electron chi connectivity index (χ1n) is 9.14. The monoisotopic (exact) mass is 413 g/mol. The number of nitrogens with one attached hydrogen (secondary N) is 2. The zero-order chi connectivity index (χ0) is 20.6. The summed E-state index contributed by atoms with van der Waals surface area (Å²) in [5.41, 5.74) is 0.177. The van der Waals surface area contributed by atoms with E-state index in [1.807, 2.05) is 11.4 Å². The molecule has 1 aliphatic carbocycles. The highest BCUT2D eigenvalue weighted by molar-refractivity contribution is 7.10. The summed E-state index contributed by atoms with van der Waals surface area (Å²) in [6.45, 7) is -0.443. The number of hydrogen-bond acceptors (Lipinski definition) is 6. The lowest BCUT2D eigenvalue weighted by Gasteiger charge is -2.31. The highest BCUT2D eigenvalue weighted by Gasteiger charge is 2.54. The molecule has 1 saturated heterocycles. The van der Waals surface area contributed by atoms with E-state index in [4.69, 9.17) is 4.74 Å². The minimum absolute atomic E-state index is 0.187. The number of hydrogen-bond donors (Lipinski definition) is 2. The first-order valence-corrected chi connectivity index (χ1v) is 10.0. The fourth-order valence-corrected chi connectivity index (χ4v) is 4.90. The third kappa shape index (κ3) is 3.17. The molecule has 4 rings (SSSR count). The highest BCUT2D eigenvalue weighted by Crippen LogP contribution is 2.42. The fraction of sp³-hybridized carbons (Fsp3) is 0.300. The van der Waals surface area contributed by atoms with Gasteiger partial charge in [0, 0.05) is 10.4 Å². The van der Waals surface area contributed by atoms with E-state index in [2.05, 4.69) is 10.6 Å². The molecular weight excluding hydrogens is 394 g/mol. The Labute approximate surface area is 170 Å². The van der Waals surface area contributed by atoms with E-state index in [9.17, 15) is 19.2 Å². The van der Waals surface area contributed by atoms with Crippen molar-refractivity contribution in [2.75, 3.05) is 19.0 Å². The number of thiophene rings is 1. The Morgan fingerprint density at radius 2 is 2.07 bits per heavy atom. The molecule has 2 heterocycles. The van der Waals surface area contributed by atoms with Crippen molar-refractivity contribution in [3.05, 3.63) is 51.7 Å². The van der Waals surface area contributed by atoms with E-state index in [1.54, 1.807) is 29.5 Å². The number of aryl methyl sites for hydroxylation is 1. The number of carbonyl (C=O) groups excluding carboxylic acids is 4. The maximum absolute atomic E-state index is 13.2. The van der Waals surface area contributed by atoms with Crippen LogP contribution in [0.15, 0.2) is 35.7 Å². The van der Waals surface area contributed by atoms with Crippen LogP contribution in [0.3, 0.4) is 0 Å². The summed E-state index contributed by atoms with van der Waals surface area (Å²) in [5.74, 6) is -1.59. The lowest BCUT2D eigenvalue weighted by atomic mass is 9.80. The number of amides is 4. The van der Waals surface area contributed by atoms with E-state index in [0.29, 0.717) is 6.42 Å². The number of rotatable bonds is 4. The number of methoxy groups -OCH3 is 1. The minimum Gasteiger partial charge on any atom is -0.465 e. The summed E-state index contributed by atoms with van der Waals surface area (Å²) in [6.07, 6.45) is 2.17. The van der Waals surface area contributed by atoms with Crippen LogP contribution < -0.4 is 10.6 Å². The molecule has 1 aromatic carbocycles. The maximum Gasteiger partial charge on any atom is 0.339 e. The van der Waals surface area contributed by atoms with Crippen molar-refractivity contribution < 1.29 is 23.9 Å². The van der Waals surface area contributed by atoms with Gasteiger partial charge in [0.15, 0.2) is 0 Å². The molecule has 1 spiro atoms. The van der Waals surface area contributed by atoms with Gasteiger partial charge in [-0.05, 0) is 42.8 Å². The third-order valence-electron chi connectivity index (χ3n) is 5.24. The highest BCUT2D eigenvalue weighted by atomic mass is 32.1. The van der Waals surface area contributed by atoms with Crippen LogP contribution in [0, 0.1) is 0 Å². The maximum atomic E-state index is 13.2. The summed E-state index contributed by atoms with van der Waals surface area (Å²) in [5, 5.41) is 7.31. The summed E-state index contributed by atoms with van der Waals surface area (Å²) >= 11 is 1.57. The summed E-state index contributed by atoms with van der Waals surface area (Å²) in [4.78, 5) is 52.1. The van der Waals surface area contributed by atoms with Crippen LogP contribution in [-0.2, 0) is 26.3 Å². The molecule has 2 N–H and O–H groups in total. The second-order valence-electron chi connectivity index (χ2n) is 6.92. The number of esters is 1. The van der Waals surface area contributed by atoms with Gasteiger partial charge in [-0.2, -0.15) is 0 Å². The van der Waals surface area contributed by atoms with Crippen LogP contribution in [0.25, 0.3) is 0 Å². The molecule has 1 atom stereocenters. The molecule has 4 amide bonds. The zero-order valence-corrected chi connectivity index (χ0v) is 16.5. The van der Waals surface area contributed by atoms with Gasteiger partial charge in [0.05, 0.1) is 18.4 Å². The molecule has 1 aromatic heterocycles. The van der Waals surface area contributed by atoms with Crippen LogP contribution >= 0.6 is 11.3 Å². The van der Waals surface area contributed by atoms with Crippen molar-refractivity contribution in [2.45, 2.75) is 24.8 Å². The number of ether oxygens (including phenoxy) is 1. The van der Waals surface area contributed by atoms with Crippen LogP contribution in [0.5, 0.6) is 0 Å². The third-order valence-corrected chi connectivity index (χ3v) is 6.23. The van der Waals surface area contributed by atoms with Crippen molar-refractivity contribution in [3.8, 4) is 0 Å². The molecule has 2 aliphatic rings. The molecule has 0 bridgehead atoms. The Morgan fingerprint density at radius 1 is 1.28 bits per heavy atom.